The quantitative estimate of drug-likeness (QED) is 0.778. The summed E-state index contributed by atoms with van der Waals surface area (Å²) in [5, 5.41) is 1.81. The molecule has 1 atom stereocenters. The maximum atomic E-state index is 13.5. The monoisotopic (exact) mass is 371 g/mol. The van der Waals surface area contributed by atoms with Gasteiger partial charge in [-0.25, -0.2) is 8.78 Å². The number of benzene rings is 2. The summed E-state index contributed by atoms with van der Waals surface area (Å²) in [6.07, 6.45) is 0. The Morgan fingerprint density at radius 3 is 2.29 bits per heavy atom. The number of hydrogen-bond acceptors (Lipinski definition) is 2. The van der Waals surface area contributed by atoms with Crippen LogP contribution < -0.4 is 5.32 Å². The molecule has 0 saturated carbocycles. The predicted octanol–water partition coefficient (Wildman–Crippen LogP) is 4.85. The average molecular weight is 372 g/mol. The molecule has 110 valence electrons. The second-order valence-corrected chi connectivity index (χ2v) is 6.63. The topological polar surface area (TPSA) is 29.1 Å². The van der Waals surface area contributed by atoms with E-state index in [0.717, 1.165) is 21.5 Å². The molecule has 2 aromatic rings. The lowest BCUT2D eigenvalue weighted by molar-refractivity contribution is -0.115. The van der Waals surface area contributed by atoms with E-state index in [0.29, 0.717) is 0 Å². The lowest BCUT2D eigenvalue weighted by Crippen LogP contribution is -2.23. The molecule has 2 nitrogen and oxygen atoms in total. The molecule has 0 radical (unpaired) electrons. The number of nitrogens with one attached hydrogen (secondary N) is 1. The molecule has 6 heteroatoms. The summed E-state index contributed by atoms with van der Waals surface area (Å²) in [4.78, 5) is 12.9. The molecule has 0 aliphatic rings. The Hall–Kier alpha value is -1.40. The van der Waals surface area contributed by atoms with Gasteiger partial charge in [0.2, 0.25) is 5.91 Å². The number of amides is 1. The van der Waals surface area contributed by atoms with Crippen LogP contribution in [0.25, 0.3) is 0 Å². The fraction of sp³-hybridized carbons (Fsp3) is 0.133. The van der Waals surface area contributed by atoms with E-state index in [1.165, 1.54) is 17.8 Å². The van der Waals surface area contributed by atoms with Gasteiger partial charge in [-0.05, 0) is 43.3 Å². The van der Waals surface area contributed by atoms with E-state index < -0.39 is 28.5 Å². The number of carbonyl (C=O) groups excluding carboxylic acids is 1. The van der Waals surface area contributed by atoms with Crippen LogP contribution in [0.3, 0.4) is 0 Å². The summed E-state index contributed by atoms with van der Waals surface area (Å²) in [6.45, 7) is 1.68. The smallest absolute Gasteiger partial charge is 0.237 e. The van der Waals surface area contributed by atoms with Crippen molar-refractivity contribution in [3.63, 3.8) is 0 Å². The molecule has 0 spiro atoms. The van der Waals surface area contributed by atoms with E-state index >= 15 is 0 Å². The van der Waals surface area contributed by atoms with Gasteiger partial charge in [0.25, 0.3) is 0 Å². The number of halogens is 3. The zero-order valence-electron chi connectivity index (χ0n) is 11.1. The van der Waals surface area contributed by atoms with Gasteiger partial charge in [-0.3, -0.25) is 4.79 Å². The highest BCUT2D eigenvalue weighted by molar-refractivity contribution is 9.10. The molecule has 21 heavy (non-hydrogen) atoms. The predicted molar refractivity (Wildman–Crippen MR) is 84.4 cm³/mol. The summed E-state index contributed by atoms with van der Waals surface area (Å²) in [5.74, 6) is -2.03. The Bertz CT molecular complexity index is 628. The number of anilines is 1. The van der Waals surface area contributed by atoms with Crippen molar-refractivity contribution in [2.45, 2.75) is 17.1 Å². The van der Waals surface area contributed by atoms with E-state index in [1.54, 1.807) is 6.92 Å². The fourth-order valence-corrected chi connectivity index (χ4v) is 2.74. The molecule has 0 fully saturated rings. The van der Waals surface area contributed by atoms with Crippen molar-refractivity contribution >= 4 is 39.3 Å². The van der Waals surface area contributed by atoms with Gasteiger partial charge in [0, 0.05) is 9.37 Å². The van der Waals surface area contributed by atoms with Crippen LogP contribution in [0.2, 0.25) is 0 Å². The molecule has 0 aliphatic carbocycles. The molecule has 1 N–H and O–H groups in total. The van der Waals surface area contributed by atoms with E-state index in [9.17, 15) is 13.6 Å². The van der Waals surface area contributed by atoms with Crippen LogP contribution in [-0.4, -0.2) is 11.2 Å². The molecule has 0 aromatic heterocycles. The van der Waals surface area contributed by atoms with Crippen molar-refractivity contribution < 1.29 is 13.6 Å². The van der Waals surface area contributed by atoms with Crippen molar-refractivity contribution in [2.75, 3.05) is 5.32 Å². The summed E-state index contributed by atoms with van der Waals surface area (Å²) in [5.41, 5.74) is -0.411. The Morgan fingerprint density at radius 2 is 1.71 bits per heavy atom. The SMILES string of the molecule is CC(Sc1ccc(Br)cc1)C(=O)Nc1c(F)cccc1F. The molecule has 0 bridgehead atoms. The van der Waals surface area contributed by atoms with Gasteiger partial charge in [-0.2, -0.15) is 0 Å². The molecule has 2 rings (SSSR count). The summed E-state index contributed by atoms with van der Waals surface area (Å²) in [6, 6.07) is 10.9. The first kappa shape index (κ1) is 16.0. The van der Waals surface area contributed by atoms with Gasteiger partial charge >= 0.3 is 0 Å². The molecule has 1 amide bonds. The third-order valence-corrected chi connectivity index (χ3v) is 4.35. The Balaban J connectivity index is 2.04. The van der Waals surface area contributed by atoms with Gasteiger partial charge in [0.1, 0.15) is 17.3 Å². The van der Waals surface area contributed by atoms with Crippen molar-refractivity contribution in [1.82, 2.24) is 0 Å². The fourth-order valence-electron chi connectivity index (χ4n) is 1.61. The standard InChI is InChI=1S/C15H12BrF2NOS/c1-9(21-11-7-5-10(16)6-8-11)15(20)19-14-12(17)3-2-4-13(14)18/h2-9H,1H3,(H,19,20). The second kappa shape index (κ2) is 7.04. The molecule has 2 aromatic carbocycles. The number of hydrogen-bond donors (Lipinski definition) is 1. The number of rotatable bonds is 4. The van der Waals surface area contributed by atoms with Crippen LogP contribution in [0.1, 0.15) is 6.92 Å². The Morgan fingerprint density at radius 1 is 1.14 bits per heavy atom. The third kappa shape index (κ3) is 4.28. The molecule has 1 unspecified atom stereocenters. The summed E-state index contributed by atoms with van der Waals surface area (Å²) in [7, 11) is 0. The van der Waals surface area contributed by atoms with Gasteiger partial charge in [0.05, 0.1) is 5.25 Å². The van der Waals surface area contributed by atoms with Gasteiger partial charge in [-0.1, -0.05) is 22.0 Å². The minimum Gasteiger partial charge on any atom is -0.320 e. The van der Waals surface area contributed by atoms with Crippen molar-refractivity contribution in [3.8, 4) is 0 Å². The van der Waals surface area contributed by atoms with Gasteiger partial charge in [-0.15, -0.1) is 11.8 Å². The number of thioether (sulfide) groups is 1. The van der Waals surface area contributed by atoms with E-state index in [2.05, 4.69) is 21.2 Å². The van der Waals surface area contributed by atoms with Crippen LogP contribution in [0.4, 0.5) is 14.5 Å². The average Bonchev–Trinajstić information content (AvgIpc) is 2.45. The van der Waals surface area contributed by atoms with E-state index in [4.69, 9.17) is 0 Å². The van der Waals surface area contributed by atoms with Crippen LogP contribution in [0.15, 0.2) is 51.8 Å². The van der Waals surface area contributed by atoms with Crippen molar-refractivity contribution in [3.05, 3.63) is 58.6 Å². The van der Waals surface area contributed by atoms with Crippen LogP contribution in [-0.2, 0) is 4.79 Å². The van der Waals surface area contributed by atoms with Crippen molar-refractivity contribution in [1.29, 1.82) is 0 Å². The maximum Gasteiger partial charge on any atom is 0.237 e. The lowest BCUT2D eigenvalue weighted by Gasteiger charge is -2.13. The number of carbonyl (C=O) groups is 1. The maximum absolute atomic E-state index is 13.5. The molecular weight excluding hydrogens is 360 g/mol. The Labute approximate surface area is 134 Å². The minimum atomic E-state index is -0.788. The third-order valence-electron chi connectivity index (χ3n) is 2.71. The lowest BCUT2D eigenvalue weighted by atomic mass is 10.3. The first-order valence-corrected chi connectivity index (χ1v) is 7.81. The van der Waals surface area contributed by atoms with Gasteiger partial charge in [0.15, 0.2) is 0 Å². The number of para-hydroxylation sites is 1. The van der Waals surface area contributed by atoms with Crippen LogP contribution >= 0.6 is 27.7 Å². The second-order valence-electron chi connectivity index (χ2n) is 4.30. The molecule has 0 saturated heterocycles. The normalized spacial score (nSPS) is 12.0. The van der Waals surface area contributed by atoms with Crippen LogP contribution in [0.5, 0.6) is 0 Å². The first-order chi connectivity index (χ1) is 9.97. The zero-order valence-corrected chi connectivity index (χ0v) is 13.5. The highest BCUT2D eigenvalue weighted by Gasteiger charge is 2.18. The highest BCUT2D eigenvalue weighted by atomic mass is 79.9. The van der Waals surface area contributed by atoms with Gasteiger partial charge < -0.3 is 5.32 Å². The van der Waals surface area contributed by atoms with Crippen molar-refractivity contribution in [2.24, 2.45) is 0 Å². The zero-order chi connectivity index (χ0) is 15.4. The summed E-state index contributed by atoms with van der Waals surface area (Å²) < 4.78 is 27.9. The Kier molecular flexibility index (Phi) is 5.36. The molecule has 0 heterocycles. The molecule has 0 aliphatic heterocycles. The highest BCUT2D eigenvalue weighted by Crippen LogP contribution is 2.26. The minimum absolute atomic E-state index is 0.411. The largest absolute Gasteiger partial charge is 0.320 e. The van der Waals surface area contributed by atoms with Crippen LogP contribution in [0, 0.1) is 11.6 Å². The van der Waals surface area contributed by atoms with E-state index in [1.807, 2.05) is 24.3 Å². The summed E-state index contributed by atoms with van der Waals surface area (Å²) >= 11 is 4.64. The van der Waals surface area contributed by atoms with E-state index in [-0.39, 0.29) is 0 Å². The molecular formula is C15H12BrF2NOS. The first-order valence-electron chi connectivity index (χ1n) is 6.14.